The number of benzene rings is 2. The molecule has 1 aliphatic heterocycles. The van der Waals surface area contributed by atoms with Crippen LogP contribution in [0.2, 0.25) is 0 Å². The summed E-state index contributed by atoms with van der Waals surface area (Å²) in [6.07, 6.45) is 2.97. The number of sulfonamides is 1. The van der Waals surface area contributed by atoms with Gasteiger partial charge >= 0.3 is 0 Å². The van der Waals surface area contributed by atoms with Gasteiger partial charge in [0.25, 0.3) is 0 Å². The van der Waals surface area contributed by atoms with Gasteiger partial charge in [0, 0.05) is 24.9 Å². The van der Waals surface area contributed by atoms with E-state index < -0.39 is 10.0 Å². The number of amides is 1. The second kappa shape index (κ2) is 9.42. The van der Waals surface area contributed by atoms with Crippen molar-refractivity contribution < 1.29 is 22.7 Å². The Morgan fingerprint density at radius 1 is 1.13 bits per heavy atom. The third-order valence-corrected chi connectivity index (χ3v) is 6.77. The summed E-state index contributed by atoms with van der Waals surface area (Å²) in [5.41, 5.74) is 3.34. The molecule has 0 atom stereocenters. The second-order valence-electron chi connectivity index (χ2n) is 7.07. The van der Waals surface area contributed by atoms with Crippen molar-refractivity contribution in [3.63, 3.8) is 0 Å². The molecule has 0 bridgehead atoms. The minimum atomic E-state index is -3.73. The lowest BCUT2D eigenvalue weighted by atomic mass is 10.1. The fourth-order valence-corrected chi connectivity index (χ4v) is 4.74. The SMILES string of the molecule is COc1ccc(C=CC(=O)Nc2cc(C)ccc2C)cc1S(=O)(=O)N1CCOCC1. The Labute approximate surface area is 177 Å². The molecule has 2 aromatic rings. The molecule has 0 saturated carbocycles. The summed E-state index contributed by atoms with van der Waals surface area (Å²) in [5, 5.41) is 2.85. The number of ether oxygens (including phenoxy) is 2. The highest BCUT2D eigenvalue weighted by atomic mass is 32.2. The largest absolute Gasteiger partial charge is 0.495 e. The van der Waals surface area contributed by atoms with Crippen LogP contribution < -0.4 is 10.1 Å². The van der Waals surface area contributed by atoms with Gasteiger partial charge in [-0.05, 0) is 54.8 Å². The first-order chi connectivity index (χ1) is 14.3. The quantitative estimate of drug-likeness (QED) is 0.712. The van der Waals surface area contributed by atoms with Crippen LogP contribution in [-0.4, -0.2) is 52.0 Å². The first-order valence-corrected chi connectivity index (χ1v) is 11.1. The van der Waals surface area contributed by atoms with Crippen LogP contribution in [0.15, 0.2) is 47.4 Å². The van der Waals surface area contributed by atoms with E-state index in [-0.39, 0.29) is 16.6 Å². The summed E-state index contributed by atoms with van der Waals surface area (Å²) in [6, 6.07) is 10.6. The summed E-state index contributed by atoms with van der Waals surface area (Å²) >= 11 is 0. The minimum Gasteiger partial charge on any atom is -0.495 e. The Kier molecular flexibility index (Phi) is 6.91. The monoisotopic (exact) mass is 430 g/mol. The Balaban J connectivity index is 1.82. The van der Waals surface area contributed by atoms with Gasteiger partial charge in [-0.3, -0.25) is 4.79 Å². The first-order valence-electron chi connectivity index (χ1n) is 9.63. The Hall–Kier alpha value is -2.68. The first kappa shape index (κ1) is 22.0. The molecule has 30 heavy (non-hydrogen) atoms. The lowest BCUT2D eigenvalue weighted by Crippen LogP contribution is -2.40. The number of carbonyl (C=O) groups excluding carboxylic acids is 1. The van der Waals surface area contributed by atoms with E-state index in [1.54, 1.807) is 18.2 Å². The van der Waals surface area contributed by atoms with Crippen LogP contribution in [0.5, 0.6) is 5.75 Å². The van der Waals surface area contributed by atoms with Gasteiger partial charge < -0.3 is 14.8 Å². The molecule has 0 unspecified atom stereocenters. The number of anilines is 1. The number of morpholine rings is 1. The van der Waals surface area contributed by atoms with Crippen LogP contribution in [0.4, 0.5) is 5.69 Å². The number of nitrogens with zero attached hydrogens (tertiary/aromatic N) is 1. The van der Waals surface area contributed by atoms with E-state index in [2.05, 4.69) is 5.32 Å². The van der Waals surface area contributed by atoms with Crippen molar-refractivity contribution in [1.29, 1.82) is 0 Å². The fraction of sp³-hybridized carbons (Fsp3) is 0.318. The molecular weight excluding hydrogens is 404 g/mol. The van der Waals surface area contributed by atoms with E-state index in [9.17, 15) is 13.2 Å². The topological polar surface area (TPSA) is 84.9 Å². The molecule has 1 aliphatic rings. The van der Waals surface area contributed by atoms with Crippen molar-refractivity contribution in [3.8, 4) is 5.75 Å². The van der Waals surface area contributed by atoms with Crippen LogP contribution in [0, 0.1) is 13.8 Å². The molecule has 0 aliphatic carbocycles. The maximum Gasteiger partial charge on any atom is 0.248 e. The van der Waals surface area contributed by atoms with Crippen molar-refractivity contribution in [3.05, 3.63) is 59.2 Å². The van der Waals surface area contributed by atoms with Crippen molar-refractivity contribution in [2.24, 2.45) is 0 Å². The van der Waals surface area contributed by atoms with Crippen molar-refractivity contribution in [2.75, 3.05) is 38.7 Å². The van der Waals surface area contributed by atoms with Gasteiger partial charge in [-0.25, -0.2) is 8.42 Å². The number of carbonyl (C=O) groups is 1. The number of nitrogens with one attached hydrogen (secondary N) is 1. The van der Waals surface area contributed by atoms with Gasteiger partial charge in [-0.2, -0.15) is 4.31 Å². The van der Waals surface area contributed by atoms with E-state index in [0.29, 0.717) is 31.9 Å². The maximum absolute atomic E-state index is 13.1. The number of hydrogen-bond acceptors (Lipinski definition) is 5. The normalized spacial score (nSPS) is 15.3. The Morgan fingerprint density at radius 3 is 2.57 bits per heavy atom. The zero-order valence-electron chi connectivity index (χ0n) is 17.3. The van der Waals surface area contributed by atoms with Gasteiger partial charge in [0.2, 0.25) is 15.9 Å². The Morgan fingerprint density at radius 2 is 1.87 bits per heavy atom. The van der Waals surface area contributed by atoms with Crippen LogP contribution in [0.3, 0.4) is 0 Å². The highest BCUT2D eigenvalue weighted by Crippen LogP contribution is 2.29. The molecule has 1 saturated heterocycles. The van der Waals surface area contributed by atoms with Crippen LogP contribution in [0.25, 0.3) is 6.08 Å². The molecule has 1 fully saturated rings. The molecule has 7 nitrogen and oxygen atoms in total. The number of hydrogen-bond donors (Lipinski definition) is 1. The van der Waals surface area contributed by atoms with Crippen molar-refractivity contribution in [2.45, 2.75) is 18.7 Å². The molecule has 0 radical (unpaired) electrons. The van der Waals surface area contributed by atoms with Crippen LogP contribution in [-0.2, 0) is 19.6 Å². The summed E-state index contributed by atoms with van der Waals surface area (Å²) in [6.45, 7) is 5.19. The average Bonchev–Trinajstić information content (AvgIpc) is 2.75. The smallest absolute Gasteiger partial charge is 0.248 e. The predicted octanol–water partition coefficient (Wildman–Crippen LogP) is 2.98. The molecule has 2 aromatic carbocycles. The molecule has 1 N–H and O–H groups in total. The van der Waals surface area contributed by atoms with Crippen molar-refractivity contribution in [1.82, 2.24) is 4.31 Å². The van der Waals surface area contributed by atoms with Gasteiger partial charge in [0.15, 0.2) is 0 Å². The zero-order valence-corrected chi connectivity index (χ0v) is 18.2. The number of rotatable bonds is 6. The minimum absolute atomic E-state index is 0.0731. The van der Waals surface area contributed by atoms with Gasteiger partial charge in [0.1, 0.15) is 10.6 Å². The molecule has 1 heterocycles. The van der Waals surface area contributed by atoms with E-state index in [1.165, 1.54) is 23.6 Å². The standard InChI is InChI=1S/C22H26N2O5S/c1-16-4-5-17(2)19(14-16)23-22(25)9-7-18-6-8-20(28-3)21(15-18)30(26,27)24-10-12-29-13-11-24/h4-9,14-15H,10-13H2,1-3H3,(H,23,25). The van der Waals surface area contributed by atoms with Gasteiger partial charge in [0.05, 0.1) is 20.3 Å². The van der Waals surface area contributed by atoms with Crippen molar-refractivity contribution >= 4 is 27.7 Å². The maximum atomic E-state index is 13.1. The Bertz CT molecular complexity index is 1060. The average molecular weight is 431 g/mol. The van der Waals surface area contributed by atoms with E-state index in [4.69, 9.17) is 9.47 Å². The summed E-state index contributed by atoms with van der Waals surface area (Å²) in [5.74, 6) is -0.0319. The van der Waals surface area contributed by atoms with E-state index in [1.807, 2.05) is 32.0 Å². The molecule has 8 heteroatoms. The molecule has 0 aromatic heterocycles. The van der Waals surface area contributed by atoms with E-state index >= 15 is 0 Å². The third kappa shape index (κ3) is 5.08. The molecule has 3 rings (SSSR count). The number of aryl methyl sites for hydroxylation is 2. The predicted molar refractivity (Wildman–Crippen MR) is 116 cm³/mol. The summed E-state index contributed by atoms with van der Waals surface area (Å²) in [4.78, 5) is 12.4. The van der Waals surface area contributed by atoms with Gasteiger partial charge in [-0.1, -0.05) is 18.2 Å². The second-order valence-corrected chi connectivity index (χ2v) is 8.97. The highest BCUT2D eigenvalue weighted by Gasteiger charge is 2.29. The number of methoxy groups -OCH3 is 1. The molecule has 160 valence electrons. The molecule has 1 amide bonds. The summed E-state index contributed by atoms with van der Waals surface area (Å²) < 4.78 is 38.0. The van der Waals surface area contributed by atoms with Gasteiger partial charge in [-0.15, -0.1) is 0 Å². The van der Waals surface area contributed by atoms with Crippen LogP contribution in [0.1, 0.15) is 16.7 Å². The zero-order chi connectivity index (χ0) is 21.7. The van der Waals surface area contributed by atoms with E-state index in [0.717, 1.165) is 16.8 Å². The third-order valence-electron chi connectivity index (χ3n) is 4.85. The lowest BCUT2D eigenvalue weighted by molar-refractivity contribution is -0.111. The molecule has 0 spiro atoms. The lowest BCUT2D eigenvalue weighted by Gasteiger charge is -2.26. The molecular formula is C22H26N2O5S. The summed E-state index contributed by atoms with van der Waals surface area (Å²) in [7, 11) is -2.30. The fourth-order valence-electron chi connectivity index (χ4n) is 3.14. The van der Waals surface area contributed by atoms with Crippen LogP contribution >= 0.6 is 0 Å². The highest BCUT2D eigenvalue weighted by molar-refractivity contribution is 7.89.